The molecule has 0 N–H and O–H groups in total. The summed E-state index contributed by atoms with van der Waals surface area (Å²) in [6.07, 6.45) is 6.64. The Balaban J connectivity index is 1.79. The van der Waals surface area contributed by atoms with Gasteiger partial charge >= 0.3 is 6.09 Å². The van der Waals surface area contributed by atoms with Crippen molar-refractivity contribution in [2.75, 3.05) is 13.2 Å². The van der Waals surface area contributed by atoms with Gasteiger partial charge in [-0.1, -0.05) is 12.1 Å². The van der Waals surface area contributed by atoms with Gasteiger partial charge in [0.2, 0.25) is 0 Å². The Labute approximate surface area is 132 Å². The van der Waals surface area contributed by atoms with Gasteiger partial charge in [-0.2, -0.15) is 0 Å². The van der Waals surface area contributed by atoms with E-state index in [-0.39, 0.29) is 0 Å². The standard InChI is InChI=1S/C17H16F2N2O2/c1-2-23-17(22)21-8-6-12-5-7-20(16(12)11-21)10-13-3-4-14(18)9-15(13)19/h3-6,8-9,11H,2,7,10H2,1H3. The van der Waals surface area contributed by atoms with Crippen LogP contribution in [0.1, 0.15) is 12.5 Å². The minimum Gasteiger partial charge on any atom is -0.449 e. The molecule has 1 amide bonds. The van der Waals surface area contributed by atoms with E-state index in [9.17, 15) is 13.6 Å². The van der Waals surface area contributed by atoms with Crippen LogP contribution in [0.5, 0.6) is 0 Å². The van der Waals surface area contributed by atoms with Gasteiger partial charge in [-0.15, -0.1) is 0 Å². The van der Waals surface area contributed by atoms with Gasteiger partial charge in [0.1, 0.15) is 11.6 Å². The molecule has 23 heavy (non-hydrogen) atoms. The highest BCUT2D eigenvalue weighted by atomic mass is 19.1. The number of amides is 1. The Hall–Kier alpha value is -2.63. The van der Waals surface area contributed by atoms with Gasteiger partial charge < -0.3 is 9.64 Å². The molecule has 0 radical (unpaired) electrons. The predicted octanol–water partition coefficient (Wildman–Crippen LogP) is 3.53. The zero-order chi connectivity index (χ0) is 16.4. The Bertz CT molecular complexity index is 725. The van der Waals surface area contributed by atoms with Crippen molar-refractivity contribution in [1.29, 1.82) is 0 Å². The van der Waals surface area contributed by atoms with Gasteiger partial charge in [0.25, 0.3) is 0 Å². The van der Waals surface area contributed by atoms with Crippen molar-refractivity contribution in [1.82, 2.24) is 9.80 Å². The molecule has 120 valence electrons. The first-order valence-corrected chi connectivity index (χ1v) is 7.33. The quantitative estimate of drug-likeness (QED) is 0.854. The third-order valence-corrected chi connectivity index (χ3v) is 3.70. The number of hydrogen-bond donors (Lipinski definition) is 0. The first-order valence-electron chi connectivity index (χ1n) is 7.33. The van der Waals surface area contributed by atoms with Crippen LogP contribution in [0.25, 0.3) is 0 Å². The van der Waals surface area contributed by atoms with Crippen molar-refractivity contribution in [3.63, 3.8) is 0 Å². The summed E-state index contributed by atoms with van der Waals surface area (Å²) in [5, 5.41) is 0. The number of nitrogens with zero attached hydrogens (tertiary/aromatic N) is 2. The summed E-state index contributed by atoms with van der Waals surface area (Å²) in [6.45, 7) is 2.92. The van der Waals surface area contributed by atoms with Crippen LogP contribution >= 0.6 is 0 Å². The van der Waals surface area contributed by atoms with Crippen molar-refractivity contribution in [3.8, 4) is 0 Å². The number of benzene rings is 1. The molecule has 0 fully saturated rings. The Morgan fingerprint density at radius 1 is 1.35 bits per heavy atom. The van der Waals surface area contributed by atoms with Gasteiger partial charge in [0, 0.05) is 37.1 Å². The smallest absolute Gasteiger partial charge is 0.418 e. The van der Waals surface area contributed by atoms with Gasteiger partial charge in [-0.3, -0.25) is 4.90 Å². The van der Waals surface area contributed by atoms with Crippen molar-refractivity contribution in [3.05, 3.63) is 71.2 Å². The van der Waals surface area contributed by atoms with Crippen LogP contribution in [0.3, 0.4) is 0 Å². The number of allylic oxidation sites excluding steroid dienone is 1. The van der Waals surface area contributed by atoms with Crippen molar-refractivity contribution < 1.29 is 18.3 Å². The third kappa shape index (κ3) is 3.11. The summed E-state index contributed by atoms with van der Waals surface area (Å²) in [7, 11) is 0. The number of hydrogen-bond acceptors (Lipinski definition) is 3. The minimum atomic E-state index is -0.597. The second-order valence-corrected chi connectivity index (χ2v) is 5.21. The predicted molar refractivity (Wildman–Crippen MR) is 80.9 cm³/mol. The molecule has 0 saturated carbocycles. The molecular formula is C17H16F2N2O2. The van der Waals surface area contributed by atoms with Crippen molar-refractivity contribution in [2.45, 2.75) is 13.5 Å². The van der Waals surface area contributed by atoms with Crippen LogP contribution in [-0.4, -0.2) is 29.0 Å². The fourth-order valence-electron chi connectivity index (χ4n) is 2.56. The largest absolute Gasteiger partial charge is 0.449 e. The highest BCUT2D eigenvalue weighted by Gasteiger charge is 2.25. The summed E-state index contributed by atoms with van der Waals surface area (Å²) < 4.78 is 31.8. The van der Waals surface area contributed by atoms with E-state index in [0.29, 0.717) is 25.3 Å². The molecule has 0 spiro atoms. The van der Waals surface area contributed by atoms with E-state index in [1.165, 1.54) is 17.0 Å². The highest BCUT2D eigenvalue weighted by molar-refractivity contribution is 5.72. The zero-order valence-corrected chi connectivity index (χ0v) is 12.6. The average molecular weight is 318 g/mol. The Morgan fingerprint density at radius 3 is 2.91 bits per heavy atom. The van der Waals surface area contributed by atoms with E-state index >= 15 is 0 Å². The van der Waals surface area contributed by atoms with E-state index in [4.69, 9.17) is 4.74 Å². The lowest BCUT2D eigenvalue weighted by Crippen LogP contribution is -2.27. The number of carbonyl (C=O) groups excluding carboxylic acids is 1. The maximum atomic E-state index is 13.8. The summed E-state index contributed by atoms with van der Waals surface area (Å²) in [4.78, 5) is 15.1. The molecule has 6 heteroatoms. The summed E-state index contributed by atoms with van der Waals surface area (Å²) in [6, 6.07) is 3.55. The lowest BCUT2D eigenvalue weighted by molar-refractivity contribution is 0.132. The molecule has 2 aliphatic rings. The second-order valence-electron chi connectivity index (χ2n) is 5.21. The van der Waals surface area contributed by atoms with Crippen LogP contribution in [0.4, 0.5) is 13.6 Å². The molecule has 0 aromatic heterocycles. The van der Waals surface area contributed by atoms with Crippen LogP contribution < -0.4 is 0 Å². The van der Waals surface area contributed by atoms with Crippen LogP contribution in [0.2, 0.25) is 0 Å². The van der Waals surface area contributed by atoms with E-state index in [2.05, 4.69) is 0 Å². The molecule has 1 aromatic rings. The number of halogens is 2. The number of fused-ring (bicyclic) bond motifs is 1. The Morgan fingerprint density at radius 2 is 2.17 bits per heavy atom. The van der Waals surface area contributed by atoms with Gasteiger partial charge in [-0.05, 0) is 24.6 Å². The lowest BCUT2D eigenvalue weighted by Gasteiger charge is -2.26. The fraction of sp³-hybridized carbons (Fsp3) is 0.235. The fourth-order valence-corrected chi connectivity index (χ4v) is 2.56. The van der Waals surface area contributed by atoms with Crippen LogP contribution in [0.15, 0.2) is 54.0 Å². The SMILES string of the molecule is CCOC(=O)N1C=CC2=CCN(Cc3ccc(F)cc3F)C2=C1. The van der Waals surface area contributed by atoms with Gasteiger partial charge in [-0.25, -0.2) is 13.6 Å². The van der Waals surface area contributed by atoms with Crippen LogP contribution in [-0.2, 0) is 11.3 Å². The zero-order valence-electron chi connectivity index (χ0n) is 12.6. The molecule has 0 aliphatic carbocycles. The molecule has 0 atom stereocenters. The highest BCUT2D eigenvalue weighted by Crippen LogP contribution is 2.29. The molecule has 1 aromatic carbocycles. The second kappa shape index (κ2) is 6.24. The molecule has 0 saturated heterocycles. The summed E-state index contributed by atoms with van der Waals surface area (Å²) >= 11 is 0. The first-order chi connectivity index (χ1) is 11.1. The minimum absolute atomic E-state index is 0.291. The normalized spacial score (nSPS) is 16.1. The monoisotopic (exact) mass is 318 g/mol. The molecule has 2 aliphatic heterocycles. The Kier molecular flexibility index (Phi) is 4.14. The molecule has 0 unspecified atom stereocenters. The summed E-state index contributed by atoms with van der Waals surface area (Å²) in [5.41, 5.74) is 2.18. The van der Waals surface area contributed by atoms with E-state index < -0.39 is 17.7 Å². The summed E-state index contributed by atoms with van der Waals surface area (Å²) in [5.74, 6) is -1.17. The van der Waals surface area contributed by atoms with Crippen LogP contribution in [0, 0.1) is 11.6 Å². The maximum absolute atomic E-state index is 13.8. The lowest BCUT2D eigenvalue weighted by atomic mass is 10.1. The average Bonchev–Trinajstić information content (AvgIpc) is 2.92. The number of rotatable bonds is 3. The molecule has 0 bridgehead atoms. The van der Waals surface area contributed by atoms with E-state index in [1.807, 2.05) is 17.1 Å². The topological polar surface area (TPSA) is 32.8 Å². The van der Waals surface area contributed by atoms with E-state index in [1.54, 1.807) is 19.3 Å². The molecule has 3 rings (SSSR count). The van der Waals surface area contributed by atoms with Gasteiger partial charge in [0.15, 0.2) is 0 Å². The maximum Gasteiger partial charge on any atom is 0.418 e. The van der Waals surface area contributed by atoms with Crippen molar-refractivity contribution >= 4 is 6.09 Å². The van der Waals surface area contributed by atoms with Gasteiger partial charge in [0.05, 0.1) is 12.3 Å². The van der Waals surface area contributed by atoms with Crippen molar-refractivity contribution in [2.24, 2.45) is 0 Å². The third-order valence-electron chi connectivity index (χ3n) is 3.70. The molecule has 4 nitrogen and oxygen atoms in total. The number of ether oxygens (including phenoxy) is 1. The number of carbonyl (C=O) groups is 1. The molecule has 2 heterocycles. The first kappa shape index (κ1) is 15.3. The van der Waals surface area contributed by atoms with E-state index in [0.717, 1.165) is 17.3 Å². The molecular weight excluding hydrogens is 302 g/mol.